The molecule has 0 unspecified atom stereocenters. The summed E-state index contributed by atoms with van der Waals surface area (Å²) in [5.41, 5.74) is 0.456. The first-order chi connectivity index (χ1) is 3.48. The summed E-state index contributed by atoms with van der Waals surface area (Å²) in [5, 5.41) is 0. The van der Waals surface area contributed by atoms with E-state index in [1.807, 2.05) is 0 Å². The molecule has 5 heavy (non-hydrogen) atoms. The lowest BCUT2D eigenvalue weighted by Crippen LogP contribution is -1.52. The molecule has 0 aliphatic rings. The summed E-state index contributed by atoms with van der Waals surface area (Å²) in [5.74, 6) is 0. The third-order valence-corrected chi connectivity index (χ3v) is 0.433. The van der Waals surface area contributed by atoms with Gasteiger partial charge in [0.2, 0.25) is 0 Å². The van der Waals surface area contributed by atoms with Crippen LogP contribution in [0, 0.1) is 0 Å². The van der Waals surface area contributed by atoms with E-state index in [1.165, 1.54) is 0 Å². The molecule has 0 saturated heterocycles. The lowest BCUT2D eigenvalue weighted by molar-refractivity contribution is 1.36. The zero-order valence-corrected chi connectivity index (χ0v) is 3.58. The molecule has 0 aromatic rings. The Balaban J connectivity index is 4.03. The Hall–Kier alpha value is -0.260. The van der Waals surface area contributed by atoms with Crippen LogP contribution in [0.15, 0.2) is 11.6 Å². The lowest BCUT2D eigenvalue weighted by atomic mass is 10.3. The normalized spacial score (nSPS) is 23.6. The van der Waals surface area contributed by atoms with Crippen molar-refractivity contribution in [1.29, 1.82) is 0 Å². The topological polar surface area (TPSA) is 0 Å². The zero-order chi connectivity index (χ0) is 6.78. The highest BCUT2D eigenvalue weighted by atomic mass is 13.7. The van der Waals surface area contributed by atoms with E-state index in [9.17, 15) is 0 Å². The van der Waals surface area contributed by atoms with Gasteiger partial charge in [-0.1, -0.05) is 11.6 Å². The summed E-state index contributed by atoms with van der Waals surface area (Å²) < 4.78 is 20.4. The van der Waals surface area contributed by atoms with Gasteiger partial charge in [0.1, 0.15) is 0 Å². The molecule has 0 aliphatic carbocycles. The fraction of sp³-hybridized carbons (Fsp3) is 0.600. The van der Waals surface area contributed by atoms with Gasteiger partial charge in [0.25, 0.3) is 0 Å². The second-order valence-electron chi connectivity index (χ2n) is 0.972. The molecule has 30 valence electrons. The first kappa shape index (κ1) is 1.46. The van der Waals surface area contributed by atoms with Gasteiger partial charge >= 0.3 is 0 Å². The van der Waals surface area contributed by atoms with E-state index in [4.69, 9.17) is 4.11 Å². The van der Waals surface area contributed by atoms with Gasteiger partial charge in [-0.3, -0.25) is 0 Å². The molecular weight excluding hydrogens is 60.1 g/mol. The van der Waals surface area contributed by atoms with Gasteiger partial charge in [0.15, 0.2) is 0 Å². The highest BCUT2D eigenvalue weighted by Gasteiger charge is 1.60. The van der Waals surface area contributed by atoms with Crippen LogP contribution in [0.3, 0.4) is 0 Å². The first-order valence-corrected chi connectivity index (χ1v) is 1.62. The van der Waals surface area contributed by atoms with Crippen LogP contribution in [0.4, 0.5) is 0 Å². The molecule has 0 heteroatoms. The molecule has 0 nitrogen and oxygen atoms in total. The second-order valence-corrected chi connectivity index (χ2v) is 0.972. The zero-order valence-electron chi connectivity index (χ0n) is 6.58. The SMILES string of the molecule is [2H]C([2H])([2H])/C(C)=C\C. The molecule has 0 aromatic heterocycles. The van der Waals surface area contributed by atoms with Crippen LogP contribution in [0.25, 0.3) is 0 Å². The van der Waals surface area contributed by atoms with Gasteiger partial charge in [-0.2, -0.15) is 0 Å². The molecule has 0 radical (unpaired) electrons. The molecule has 0 aromatic carbocycles. The fourth-order valence-electron chi connectivity index (χ4n) is 0. The van der Waals surface area contributed by atoms with Gasteiger partial charge in [-0.05, 0) is 20.7 Å². The molecule has 0 amide bonds. The van der Waals surface area contributed by atoms with E-state index < -0.39 is 6.85 Å². The maximum absolute atomic E-state index is 6.80. The van der Waals surface area contributed by atoms with Crippen molar-refractivity contribution >= 4 is 0 Å². The number of hydrogen-bond acceptors (Lipinski definition) is 0. The third-order valence-electron chi connectivity index (χ3n) is 0.433. The Bertz CT molecular complexity index is 98.7. The maximum Gasteiger partial charge on any atom is 0.0276 e. The van der Waals surface area contributed by atoms with Crippen molar-refractivity contribution in [3.8, 4) is 0 Å². The van der Waals surface area contributed by atoms with Crippen LogP contribution in [-0.4, -0.2) is 0 Å². The molecule has 0 N–H and O–H groups in total. The Morgan fingerprint density at radius 3 is 2.60 bits per heavy atom. The van der Waals surface area contributed by atoms with Crippen molar-refractivity contribution in [3.63, 3.8) is 0 Å². The van der Waals surface area contributed by atoms with Crippen molar-refractivity contribution in [3.05, 3.63) is 11.6 Å². The van der Waals surface area contributed by atoms with Crippen molar-refractivity contribution in [1.82, 2.24) is 0 Å². The van der Waals surface area contributed by atoms with Crippen molar-refractivity contribution in [2.45, 2.75) is 20.7 Å². The van der Waals surface area contributed by atoms with Crippen LogP contribution in [0.1, 0.15) is 24.8 Å². The molecule has 0 atom stereocenters. The van der Waals surface area contributed by atoms with Gasteiger partial charge in [-0.15, -0.1) is 0 Å². The third kappa shape index (κ3) is 3.74. The van der Waals surface area contributed by atoms with E-state index in [0.29, 0.717) is 5.57 Å². The minimum absolute atomic E-state index is 0.456. The van der Waals surface area contributed by atoms with Crippen LogP contribution < -0.4 is 0 Å². The summed E-state index contributed by atoms with van der Waals surface area (Å²) in [6.07, 6.45) is 1.60. The predicted octanol–water partition coefficient (Wildman–Crippen LogP) is 1.97. The van der Waals surface area contributed by atoms with Gasteiger partial charge in [0, 0.05) is 4.11 Å². The molecule has 0 spiro atoms. The predicted molar refractivity (Wildman–Crippen MR) is 25.1 cm³/mol. The molecule has 0 fully saturated rings. The van der Waals surface area contributed by atoms with E-state index in [1.54, 1.807) is 19.9 Å². The van der Waals surface area contributed by atoms with E-state index >= 15 is 0 Å². The molecule has 0 rings (SSSR count). The molecule has 0 heterocycles. The van der Waals surface area contributed by atoms with Crippen molar-refractivity contribution < 1.29 is 4.11 Å². The molecular formula is C5H10. The Labute approximate surface area is 37.7 Å². The highest BCUT2D eigenvalue weighted by molar-refractivity contribution is 4.88. The summed E-state index contributed by atoms with van der Waals surface area (Å²) in [7, 11) is 0. The Morgan fingerprint density at radius 2 is 2.60 bits per heavy atom. The van der Waals surface area contributed by atoms with Crippen LogP contribution in [0.5, 0.6) is 0 Å². The van der Waals surface area contributed by atoms with Crippen LogP contribution in [0.2, 0.25) is 0 Å². The molecule has 0 bridgehead atoms. The van der Waals surface area contributed by atoms with Crippen LogP contribution in [-0.2, 0) is 0 Å². The number of rotatable bonds is 0. The quantitative estimate of drug-likeness (QED) is 0.384. The number of hydrogen-bond donors (Lipinski definition) is 0. The number of allylic oxidation sites excluding steroid dienone is 2. The summed E-state index contributed by atoms with van der Waals surface area (Å²) >= 11 is 0. The minimum Gasteiger partial charge on any atom is -0.0890 e. The van der Waals surface area contributed by atoms with E-state index in [0.717, 1.165) is 0 Å². The Kier molecular flexibility index (Phi) is 0.586. The first-order valence-electron chi connectivity index (χ1n) is 3.12. The standard InChI is InChI=1S/C5H10/c1-4-5(2)3/h4H,1-3H3/i2D3/b5-4+. The van der Waals surface area contributed by atoms with E-state index in [-0.39, 0.29) is 0 Å². The maximum atomic E-state index is 6.80. The smallest absolute Gasteiger partial charge is 0.0276 e. The van der Waals surface area contributed by atoms with Crippen molar-refractivity contribution in [2.75, 3.05) is 0 Å². The Morgan fingerprint density at radius 1 is 2.00 bits per heavy atom. The summed E-state index contributed by atoms with van der Waals surface area (Å²) in [4.78, 5) is 0. The monoisotopic (exact) mass is 73.1 g/mol. The van der Waals surface area contributed by atoms with Gasteiger partial charge in [-0.25, -0.2) is 0 Å². The average Bonchev–Trinajstić information content (AvgIpc) is 1.62. The average molecular weight is 73.2 g/mol. The minimum atomic E-state index is -1.88. The van der Waals surface area contributed by atoms with E-state index in [2.05, 4.69) is 0 Å². The lowest BCUT2D eigenvalue weighted by Gasteiger charge is -1.74. The van der Waals surface area contributed by atoms with Crippen molar-refractivity contribution in [2.24, 2.45) is 0 Å². The summed E-state index contributed by atoms with van der Waals surface area (Å²) in [6.45, 7) is 1.45. The highest BCUT2D eigenvalue weighted by Crippen LogP contribution is 1.82. The molecule has 0 aliphatic heterocycles. The van der Waals surface area contributed by atoms with Gasteiger partial charge < -0.3 is 0 Å². The molecule has 0 saturated carbocycles. The van der Waals surface area contributed by atoms with Crippen LogP contribution >= 0.6 is 0 Å². The fourth-order valence-corrected chi connectivity index (χ4v) is 0. The second kappa shape index (κ2) is 2.01. The summed E-state index contributed by atoms with van der Waals surface area (Å²) in [6, 6.07) is 0. The largest absolute Gasteiger partial charge is 0.0890 e. The van der Waals surface area contributed by atoms with Gasteiger partial charge in [0.05, 0.1) is 0 Å².